The van der Waals surface area contributed by atoms with E-state index in [-0.39, 0.29) is 22.7 Å². The molecule has 6 nitrogen and oxygen atoms in total. The highest BCUT2D eigenvalue weighted by Gasteiger charge is 2.36. The third-order valence-electron chi connectivity index (χ3n) is 3.54. The van der Waals surface area contributed by atoms with Crippen LogP contribution in [-0.4, -0.2) is 21.0 Å². The quantitative estimate of drug-likeness (QED) is 0.469. The van der Waals surface area contributed by atoms with Gasteiger partial charge >= 0.3 is 0 Å². The molecule has 1 fully saturated rings. The van der Waals surface area contributed by atoms with Gasteiger partial charge in [0.15, 0.2) is 0 Å². The Bertz CT molecular complexity index is 913. The number of halogens is 1. The molecule has 0 N–H and O–H groups in total. The second kappa shape index (κ2) is 6.86. The SMILES string of the molecule is O=C1S/C(=C\c2cccc(F)c2)C(=O)N1Cc1ccccc1[N+](=O)[O-]. The highest BCUT2D eigenvalue weighted by atomic mass is 32.2. The van der Waals surface area contributed by atoms with E-state index in [0.717, 1.165) is 16.7 Å². The molecular weight excluding hydrogens is 347 g/mol. The van der Waals surface area contributed by atoms with Crippen molar-refractivity contribution in [2.45, 2.75) is 6.54 Å². The molecule has 0 atom stereocenters. The van der Waals surface area contributed by atoms with E-state index in [4.69, 9.17) is 0 Å². The molecule has 1 heterocycles. The smallest absolute Gasteiger partial charge is 0.268 e. The number of benzene rings is 2. The lowest BCUT2D eigenvalue weighted by atomic mass is 10.1. The number of hydrogen-bond donors (Lipinski definition) is 0. The van der Waals surface area contributed by atoms with Crippen LogP contribution in [0.4, 0.5) is 14.9 Å². The lowest BCUT2D eigenvalue weighted by Gasteiger charge is -2.12. The van der Waals surface area contributed by atoms with Crippen molar-refractivity contribution in [3.05, 3.63) is 80.5 Å². The number of rotatable bonds is 4. The molecule has 3 rings (SSSR count). The van der Waals surface area contributed by atoms with E-state index in [2.05, 4.69) is 0 Å². The van der Waals surface area contributed by atoms with Gasteiger partial charge in [0, 0.05) is 11.6 Å². The first-order chi connectivity index (χ1) is 12.0. The number of carbonyl (C=O) groups excluding carboxylic acids is 2. The van der Waals surface area contributed by atoms with Gasteiger partial charge in [-0.2, -0.15) is 0 Å². The molecule has 0 radical (unpaired) electrons. The van der Waals surface area contributed by atoms with Crippen molar-refractivity contribution in [3.8, 4) is 0 Å². The molecule has 0 aromatic heterocycles. The van der Waals surface area contributed by atoms with Crippen LogP contribution in [0.5, 0.6) is 0 Å². The van der Waals surface area contributed by atoms with Gasteiger partial charge in [0.05, 0.1) is 16.4 Å². The fourth-order valence-electron chi connectivity index (χ4n) is 2.38. The van der Waals surface area contributed by atoms with Crippen LogP contribution in [-0.2, 0) is 11.3 Å². The molecule has 2 aromatic carbocycles. The third-order valence-corrected chi connectivity index (χ3v) is 4.44. The van der Waals surface area contributed by atoms with E-state index in [0.29, 0.717) is 5.56 Å². The van der Waals surface area contributed by atoms with Crippen LogP contribution in [0.1, 0.15) is 11.1 Å². The number of nitrogens with zero attached hydrogens (tertiary/aromatic N) is 2. The number of hydrogen-bond acceptors (Lipinski definition) is 5. The lowest BCUT2D eigenvalue weighted by Crippen LogP contribution is -2.27. The molecule has 1 saturated heterocycles. The first-order valence-corrected chi connectivity index (χ1v) is 8.00. The maximum absolute atomic E-state index is 13.2. The van der Waals surface area contributed by atoms with Gasteiger partial charge in [-0.1, -0.05) is 30.3 Å². The van der Waals surface area contributed by atoms with E-state index in [9.17, 15) is 24.1 Å². The highest BCUT2D eigenvalue weighted by molar-refractivity contribution is 8.18. The predicted molar refractivity (Wildman–Crippen MR) is 91.0 cm³/mol. The summed E-state index contributed by atoms with van der Waals surface area (Å²) in [6.07, 6.45) is 1.42. The van der Waals surface area contributed by atoms with Crippen LogP contribution in [0.3, 0.4) is 0 Å². The van der Waals surface area contributed by atoms with E-state index in [1.54, 1.807) is 12.1 Å². The first-order valence-electron chi connectivity index (χ1n) is 7.19. The van der Waals surface area contributed by atoms with Crippen LogP contribution in [0.2, 0.25) is 0 Å². The van der Waals surface area contributed by atoms with Gasteiger partial charge in [-0.25, -0.2) is 4.39 Å². The second-order valence-corrected chi connectivity index (χ2v) is 6.20. The zero-order valence-electron chi connectivity index (χ0n) is 12.7. The number of para-hydroxylation sites is 1. The Morgan fingerprint density at radius 2 is 1.92 bits per heavy atom. The molecule has 0 aliphatic carbocycles. The van der Waals surface area contributed by atoms with Crippen molar-refractivity contribution < 1.29 is 18.9 Å². The van der Waals surface area contributed by atoms with Crippen molar-refractivity contribution in [1.82, 2.24) is 4.90 Å². The van der Waals surface area contributed by atoms with E-state index in [1.165, 1.54) is 42.5 Å². The maximum Gasteiger partial charge on any atom is 0.293 e. The minimum absolute atomic E-state index is 0.147. The molecule has 25 heavy (non-hydrogen) atoms. The summed E-state index contributed by atoms with van der Waals surface area (Å²) in [6, 6.07) is 11.6. The Hall–Kier alpha value is -3.00. The van der Waals surface area contributed by atoms with Crippen LogP contribution in [0.15, 0.2) is 53.4 Å². The van der Waals surface area contributed by atoms with Crippen molar-refractivity contribution >= 4 is 34.7 Å². The summed E-state index contributed by atoms with van der Waals surface area (Å²) in [4.78, 5) is 36.2. The van der Waals surface area contributed by atoms with Gasteiger partial charge in [-0.05, 0) is 35.5 Å². The molecule has 0 saturated carbocycles. The van der Waals surface area contributed by atoms with Crippen LogP contribution >= 0.6 is 11.8 Å². The summed E-state index contributed by atoms with van der Waals surface area (Å²) in [6.45, 7) is -0.192. The Labute approximate surface area is 146 Å². The summed E-state index contributed by atoms with van der Waals surface area (Å²) in [5, 5.41) is 10.5. The number of thioether (sulfide) groups is 1. The Morgan fingerprint density at radius 3 is 2.64 bits per heavy atom. The van der Waals surface area contributed by atoms with E-state index in [1.807, 2.05) is 0 Å². The maximum atomic E-state index is 13.2. The average Bonchev–Trinajstić information content (AvgIpc) is 2.83. The van der Waals surface area contributed by atoms with Crippen molar-refractivity contribution in [2.24, 2.45) is 0 Å². The number of imide groups is 1. The fourth-order valence-corrected chi connectivity index (χ4v) is 3.22. The van der Waals surface area contributed by atoms with Gasteiger partial charge in [0.25, 0.3) is 16.8 Å². The third kappa shape index (κ3) is 3.58. The zero-order valence-corrected chi connectivity index (χ0v) is 13.5. The van der Waals surface area contributed by atoms with E-state index >= 15 is 0 Å². The largest absolute Gasteiger partial charge is 0.293 e. The summed E-state index contributed by atoms with van der Waals surface area (Å²) in [5.41, 5.74) is 0.564. The minimum Gasteiger partial charge on any atom is -0.268 e. The summed E-state index contributed by atoms with van der Waals surface area (Å²) >= 11 is 0.722. The molecule has 1 aliphatic heterocycles. The molecule has 0 bridgehead atoms. The summed E-state index contributed by atoms with van der Waals surface area (Å²) in [7, 11) is 0. The summed E-state index contributed by atoms with van der Waals surface area (Å²) < 4.78 is 13.2. The van der Waals surface area contributed by atoms with Gasteiger partial charge < -0.3 is 0 Å². The van der Waals surface area contributed by atoms with Crippen molar-refractivity contribution in [3.63, 3.8) is 0 Å². The monoisotopic (exact) mass is 358 g/mol. The Morgan fingerprint density at radius 1 is 1.16 bits per heavy atom. The number of nitro groups is 1. The molecule has 2 amide bonds. The Kier molecular flexibility index (Phi) is 4.62. The number of nitro benzene ring substituents is 1. The van der Waals surface area contributed by atoms with Crippen molar-refractivity contribution in [2.75, 3.05) is 0 Å². The topological polar surface area (TPSA) is 80.5 Å². The molecular formula is C17H11FN2O4S. The van der Waals surface area contributed by atoms with Crippen LogP contribution in [0.25, 0.3) is 6.08 Å². The normalized spacial score (nSPS) is 15.9. The average molecular weight is 358 g/mol. The highest BCUT2D eigenvalue weighted by Crippen LogP contribution is 2.34. The molecule has 2 aromatic rings. The van der Waals surface area contributed by atoms with Crippen LogP contribution in [0, 0.1) is 15.9 Å². The van der Waals surface area contributed by atoms with Crippen molar-refractivity contribution in [1.29, 1.82) is 0 Å². The standard InChI is InChI=1S/C17H11FN2O4S/c18-13-6-3-4-11(8-13)9-15-16(21)19(17(22)25-15)10-12-5-1-2-7-14(12)20(23)24/h1-9H,10H2/b15-9-. The molecule has 8 heteroatoms. The molecule has 1 aliphatic rings. The molecule has 126 valence electrons. The van der Waals surface area contributed by atoms with Gasteiger partial charge in [-0.3, -0.25) is 24.6 Å². The minimum atomic E-state index is -0.559. The second-order valence-electron chi connectivity index (χ2n) is 5.21. The first kappa shape index (κ1) is 16.8. The van der Waals surface area contributed by atoms with Gasteiger partial charge in [-0.15, -0.1) is 0 Å². The zero-order chi connectivity index (χ0) is 18.0. The Balaban J connectivity index is 1.86. The molecule has 0 spiro atoms. The predicted octanol–water partition coefficient (Wildman–Crippen LogP) is 3.97. The summed E-state index contributed by atoms with van der Waals surface area (Å²) in [5.74, 6) is -1.01. The lowest BCUT2D eigenvalue weighted by molar-refractivity contribution is -0.385. The molecule has 0 unspecified atom stereocenters. The fraction of sp³-hybridized carbons (Fsp3) is 0.0588. The van der Waals surface area contributed by atoms with E-state index < -0.39 is 21.9 Å². The van der Waals surface area contributed by atoms with Gasteiger partial charge in [0.1, 0.15) is 5.82 Å². The van der Waals surface area contributed by atoms with Gasteiger partial charge in [0.2, 0.25) is 0 Å². The van der Waals surface area contributed by atoms with Crippen LogP contribution < -0.4 is 0 Å². The number of amides is 2. The number of carbonyl (C=O) groups is 2.